The van der Waals surface area contributed by atoms with Gasteiger partial charge >= 0.3 is 5.97 Å². The van der Waals surface area contributed by atoms with Crippen molar-refractivity contribution in [1.82, 2.24) is 19.9 Å². The SMILES string of the molecule is O=C(/C=C/CC(=O)OCCN1CCOCC1)Nc1cc2c(Nc3ccc(F)c(Cl)c3)ncnc2cn1. The van der Waals surface area contributed by atoms with Crippen molar-refractivity contribution in [2.45, 2.75) is 6.42 Å². The van der Waals surface area contributed by atoms with Gasteiger partial charge in [-0.2, -0.15) is 0 Å². The molecule has 1 aromatic carbocycles. The first-order valence-electron chi connectivity index (χ1n) is 11.2. The molecule has 1 amide bonds. The quantitative estimate of drug-likeness (QED) is 0.327. The molecule has 188 valence electrons. The van der Waals surface area contributed by atoms with Gasteiger partial charge in [-0.3, -0.25) is 14.5 Å². The molecule has 0 saturated carbocycles. The number of rotatable bonds is 9. The fourth-order valence-corrected chi connectivity index (χ4v) is 3.62. The average Bonchev–Trinajstić information content (AvgIpc) is 2.87. The zero-order valence-electron chi connectivity index (χ0n) is 19.2. The number of halogens is 2. The number of pyridine rings is 1. The number of amides is 1. The minimum Gasteiger partial charge on any atom is -0.464 e. The van der Waals surface area contributed by atoms with E-state index in [9.17, 15) is 14.0 Å². The zero-order valence-corrected chi connectivity index (χ0v) is 20.0. The van der Waals surface area contributed by atoms with Crippen LogP contribution >= 0.6 is 11.6 Å². The Labute approximate surface area is 211 Å². The standard InChI is InChI=1S/C24H24ClFN6O4/c25-18-12-16(4-5-19(18)26)30-24-17-13-21(27-14-20(17)28-15-29-24)31-22(33)2-1-3-23(34)36-11-8-32-6-9-35-10-7-32/h1-2,4-5,12-15H,3,6-11H2,(H,27,31,33)(H,28,29,30)/b2-1+. The van der Waals surface area contributed by atoms with Gasteiger partial charge in [0.1, 0.15) is 30.4 Å². The van der Waals surface area contributed by atoms with Gasteiger partial charge in [0.2, 0.25) is 5.91 Å². The highest BCUT2D eigenvalue weighted by atomic mass is 35.5. The molecule has 2 aromatic heterocycles. The Balaban J connectivity index is 1.31. The van der Waals surface area contributed by atoms with Crippen LogP contribution < -0.4 is 10.6 Å². The highest BCUT2D eigenvalue weighted by Crippen LogP contribution is 2.26. The van der Waals surface area contributed by atoms with E-state index in [1.165, 1.54) is 42.9 Å². The maximum Gasteiger partial charge on any atom is 0.309 e. The Morgan fingerprint density at radius 2 is 2.03 bits per heavy atom. The van der Waals surface area contributed by atoms with Crippen LogP contribution in [0.15, 0.2) is 48.9 Å². The van der Waals surface area contributed by atoms with Crippen LogP contribution in [0, 0.1) is 5.82 Å². The summed E-state index contributed by atoms with van der Waals surface area (Å²) in [5.41, 5.74) is 1.07. The molecule has 4 rings (SSSR count). The Hall–Kier alpha value is -3.67. The van der Waals surface area contributed by atoms with Gasteiger partial charge in [0, 0.05) is 30.7 Å². The Bertz CT molecular complexity index is 1270. The number of aromatic nitrogens is 3. The van der Waals surface area contributed by atoms with Gasteiger partial charge in [0.25, 0.3) is 0 Å². The Morgan fingerprint density at radius 1 is 1.19 bits per heavy atom. The molecule has 1 saturated heterocycles. The highest BCUT2D eigenvalue weighted by molar-refractivity contribution is 6.31. The van der Waals surface area contributed by atoms with E-state index in [2.05, 4.69) is 30.5 Å². The van der Waals surface area contributed by atoms with Crippen LogP contribution in [0.5, 0.6) is 0 Å². The molecule has 0 radical (unpaired) electrons. The second kappa shape index (κ2) is 12.3. The summed E-state index contributed by atoms with van der Waals surface area (Å²) >= 11 is 5.85. The third kappa shape index (κ3) is 7.17. The lowest BCUT2D eigenvalue weighted by atomic mass is 10.2. The first-order chi connectivity index (χ1) is 17.5. The van der Waals surface area contributed by atoms with Crippen LogP contribution in [0.2, 0.25) is 5.02 Å². The number of hydrogen-bond donors (Lipinski definition) is 2. The molecule has 0 unspecified atom stereocenters. The van der Waals surface area contributed by atoms with Crippen LogP contribution in [0.1, 0.15) is 6.42 Å². The zero-order chi connectivity index (χ0) is 25.3. The fraction of sp³-hybridized carbons (Fsp3) is 0.292. The lowest BCUT2D eigenvalue weighted by Gasteiger charge is -2.26. The van der Waals surface area contributed by atoms with E-state index < -0.39 is 17.7 Å². The monoisotopic (exact) mass is 514 g/mol. The minimum absolute atomic E-state index is 0.0240. The topological polar surface area (TPSA) is 119 Å². The van der Waals surface area contributed by atoms with Gasteiger partial charge in [-0.05, 0) is 30.3 Å². The van der Waals surface area contributed by atoms with E-state index in [0.29, 0.717) is 48.8 Å². The summed E-state index contributed by atoms with van der Waals surface area (Å²) in [6, 6.07) is 5.81. The number of carbonyl (C=O) groups is 2. The molecular formula is C24H24ClFN6O4. The molecule has 12 heteroatoms. The molecule has 0 spiro atoms. The van der Waals surface area contributed by atoms with Crippen LogP contribution in [-0.4, -0.2) is 71.2 Å². The van der Waals surface area contributed by atoms with Gasteiger partial charge in [0.05, 0.1) is 36.4 Å². The number of anilines is 3. The molecular weight excluding hydrogens is 491 g/mol. The molecule has 1 aliphatic rings. The van der Waals surface area contributed by atoms with Crippen LogP contribution in [0.4, 0.5) is 21.7 Å². The molecule has 2 N–H and O–H groups in total. The van der Waals surface area contributed by atoms with Crippen LogP contribution in [0.25, 0.3) is 10.9 Å². The lowest BCUT2D eigenvalue weighted by molar-refractivity contribution is -0.143. The molecule has 1 aliphatic heterocycles. The van der Waals surface area contributed by atoms with E-state index >= 15 is 0 Å². The number of esters is 1. The third-order valence-corrected chi connectivity index (χ3v) is 5.57. The van der Waals surface area contributed by atoms with Crippen molar-refractivity contribution in [1.29, 1.82) is 0 Å². The second-order valence-corrected chi connectivity index (χ2v) is 8.24. The number of ether oxygens (including phenoxy) is 2. The van der Waals surface area contributed by atoms with Gasteiger partial charge in [-0.15, -0.1) is 0 Å². The maximum absolute atomic E-state index is 13.5. The average molecular weight is 515 g/mol. The summed E-state index contributed by atoms with van der Waals surface area (Å²) in [5.74, 6) is -0.709. The van der Waals surface area contributed by atoms with Crippen molar-refractivity contribution in [2.75, 3.05) is 50.1 Å². The van der Waals surface area contributed by atoms with Gasteiger partial charge in [-0.25, -0.2) is 19.3 Å². The predicted octanol–water partition coefficient (Wildman–Crippen LogP) is 3.32. The summed E-state index contributed by atoms with van der Waals surface area (Å²) in [4.78, 5) is 38.9. The number of nitrogens with one attached hydrogen (secondary N) is 2. The number of morpholine rings is 1. The summed E-state index contributed by atoms with van der Waals surface area (Å²) < 4.78 is 23.9. The summed E-state index contributed by atoms with van der Waals surface area (Å²) in [5, 5.41) is 6.26. The molecule has 3 heterocycles. The Morgan fingerprint density at radius 3 is 2.83 bits per heavy atom. The summed E-state index contributed by atoms with van der Waals surface area (Å²) in [6.07, 6.45) is 5.51. The number of fused-ring (bicyclic) bond motifs is 1. The summed E-state index contributed by atoms with van der Waals surface area (Å²) in [7, 11) is 0. The van der Waals surface area contributed by atoms with Crippen LogP contribution in [0.3, 0.4) is 0 Å². The minimum atomic E-state index is -0.529. The van der Waals surface area contributed by atoms with Crippen molar-refractivity contribution >= 4 is 51.7 Å². The number of hydrogen-bond acceptors (Lipinski definition) is 9. The number of benzene rings is 1. The molecule has 36 heavy (non-hydrogen) atoms. The van der Waals surface area contributed by atoms with E-state index in [-0.39, 0.29) is 17.3 Å². The molecule has 3 aromatic rings. The molecule has 1 fully saturated rings. The highest BCUT2D eigenvalue weighted by Gasteiger charge is 2.11. The van der Waals surface area contributed by atoms with Crippen molar-refractivity contribution in [3.05, 3.63) is 59.8 Å². The normalized spacial score (nSPS) is 14.2. The van der Waals surface area contributed by atoms with Gasteiger partial charge in [-0.1, -0.05) is 17.7 Å². The van der Waals surface area contributed by atoms with E-state index in [1.54, 1.807) is 6.07 Å². The van der Waals surface area contributed by atoms with Crippen molar-refractivity contribution in [3.63, 3.8) is 0 Å². The number of nitrogens with zero attached hydrogens (tertiary/aromatic N) is 4. The van der Waals surface area contributed by atoms with Crippen LogP contribution in [-0.2, 0) is 19.1 Å². The maximum atomic E-state index is 13.5. The van der Waals surface area contributed by atoms with E-state index in [1.807, 2.05) is 0 Å². The first kappa shape index (κ1) is 25.4. The first-order valence-corrected chi connectivity index (χ1v) is 11.6. The second-order valence-electron chi connectivity index (χ2n) is 7.83. The van der Waals surface area contributed by atoms with E-state index in [4.69, 9.17) is 21.1 Å². The fourth-order valence-electron chi connectivity index (χ4n) is 3.44. The van der Waals surface area contributed by atoms with Crippen molar-refractivity contribution < 1.29 is 23.5 Å². The lowest BCUT2D eigenvalue weighted by Crippen LogP contribution is -2.38. The largest absolute Gasteiger partial charge is 0.464 e. The Kier molecular flexibility index (Phi) is 8.71. The smallest absolute Gasteiger partial charge is 0.309 e. The molecule has 0 bridgehead atoms. The van der Waals surface area contributed by atoms with Gasteiger partial charge in [0.15, 0.2) is 0 Å². The predicted molar refractivity (Wildman–Crippen MR) is 133 cm³/mol. The summed E-state index contributed by atoms with van der Waals surface area (Å²) in [6.45, 7) is 3.97. The van der Waals surface area contributed by atoms with Crippen molar-refractivity contribution in [2.24, 2.45) is 0 Å². The van der Waals surface area contributed by atoms with Gasteiger partial charge < -0.3 is 20.1 Å². The van der Waals surface area contributed by atoms with Crippen molar-refractivity contribution in [3.8, 4) is 0 Å². The molecule has 10 nitrogen and oxygen atoms in total. The molecule has 0 aliphatic carbocycles. The van der Waals surface area contributed by atoms with E-state index in [0.717, 1.165) is 13.1 Å². The molecule has 0 atom stereocenters. The third-order valence-electron chi connectivity index (χ3n) is 5.28. The number of carbonyl (C=O) groups excluding carboxylic acids is 2.